The highest BCUT2D eigenvalue weighted by molar-refractivity contribution is 7.90. The van der Waals surface area contributed by atoms with Gasteiger partial charge in [0.05, 0.1) is 29.6 Å². The molecular formula is C23H22FN5O4S. The Balaban J connectivity index is 1.71. The minimum Gasteiger partial charge on any atom is -0.482 e. The van der Waals surface area contributed by atoms with E-state index in [-0.39, 0.29) is 16.5 Å². The molecule has 0 spiro atoms. The Morgan fingerprint density at radius 3 is 2.53 bits per heavy atom. The van der Waals surface area contributed by atoms with Crippen LogP contribution in [0, 0.1) is 5.82 Å². The second-order valence-corrected chi connectivity index (χ2v) is 9.63. The maximum absolute atomic E-state index is 14.0. The maximum atomic E-state index is 14.0. The lowest BCUT2D eigenvalue weighted by Crippen LogP contribution is -2.11. The number of aliphatic hydroxyl groups is 1. The van der Waals surface area contributed by atoms with Gasteiger partial charge < -0.3 is 15.6 Å². The van der Waals surface area contributed by atoms with Gasteiger partial charge in [-0.1, -0.05) is 12.1 Å². The minimum atomic E-state index is -3.57. The lowest BCUT2D eigenvalue weighted by Gasteiger charge is -2.19. The van der Waals surface area contributed by atoms with E-state index in [0.717, 1.165) is 6.26 Å². The van der Waals surface area contributed by atoms with E-state index in [1.54, 1.807) is 31.2 Å². The quantitative estimate of drug-likeness (QED) is 0.410. The molecule has 4 aromatic rings. The molecule has 0 bridgehead atoms. The SMILES string of the molecule is C[C@@H](Oc1cc(-c2ccc(CO)c(S(C)(=O)=O)c2)cnc1N)c1cc(F)ccc1-n1nccn1. The van der Waals surface area contributed by atoms with Gasteiger partial charge >= 0.3 is 0 Å². The fourth-order valence-electron chi connectivity index (χ4n) is 3.54. The molecule has 2 heterocycles. The van der Waals surface area contributed by atoms with Crippen LogP contribution in [-0.4, -0.2) is 39.8 Å². The first kappa shape index (κ1) is 23.3. The first-order valence-corrected chi connectivity index (χ1v) is 12.1. The van der Waals surface area contributed by atoms with Crippen molar-refractivity contribution in [3.8, 4) is 22.6 Å². The molecule has 0 saturated carbocycles. The number of nitrogens with two attached hydrogens (primary N) is 1. The number of halogens is 1. The molecule has 0 aliphatic rings. The summed E-state index contributed by atoms with van der Waals surface area (Å²) in [6.45, 7) is 1.32. The first-order valence-electron chi connectivity index (χ1n) is 10.2. The van der Waals surface area contributed by atoms with Gasteiger partial charge in [-0.15, -0.1) is 0 Å². The molecule has 2 aromatic carbocycles. The largest absolute Gasteiger partial charge is 0.482 e. The highest BCUT2D eigenvalue weighted by Crippen LogP contribution is 2.33. The Morgan fingerprint density at radius 1 is 1.12 bits per heavy atom. The minimum absolute atomic E-state index is 0.0243. The molecule has 0 radical (unpaired) electrons. The maximum Gasteiger partial charge on any atom is 0.175 e. The molecule has 9 nitrogen and oxygen atoms in total. The second-order valence-electron chi connectivity index (χ2n) is 7.64. The van der Waals surface area contributed by atoms with Gasteiger partial charge in [0.2, 0.25) is 0 Å². The van der Waals surface area contributed by atoms with Crippen molar-refractivity contribution in [3.05, 3.63) is 78.0 Å². The van der Waals surface area contributed by atoms with Crippen molar-refractivity contribution in [1.29, 1.82) is 0 Å². The van der Waals surface area contributed by atoms with Gasteiger partial charge in [-0.3, -0.25) is 0 Å². The zero-order valence-corrected chi connectivity index (χ0v) is 19.2. The summed E-state index contributed by atoms with van der Waals surface area (Å²) in [7, 11) is -3.57. The number of rotatable bonds is 7. The number of anilines is 1. The second kappa shape index (κ2) is 9.20. The average molecular weight is 484 g/mol. The van der Waals surface area contributed by atoms with E-state index >= 15 is 0 Å². The third-order valence-corrected chi connectivity index (χ3v) is 6.40. The molecule has 2 aromatic heterocycles. The molecular weight excluding hydrogens is 461 g/mol. The van der Waals surface area contributed by atoms with Crippen LogP contribution >= 0.6 is 0 Å². The number of nitrogen functional groups attached to an aromatic ring is 1. The lowest BCUT2D eigenvalue weighted by molar-refractivity contribution is 0.226. The molecule has 11 heteroatoms. The normalized spacial score (nSPS) is 12.5. The summed E-state index contributed by atoms with van der Waals surface area (Å²) in [5.74, 6) is -0.0969. The number of aromatic nitrogens is 4. The van der Waals surface area contributed by atoms with Crippen molar-refractivity contribution in [3.63, 3.8) is 0 Å². The molecule has 0 fully saturated rings. The summed E-state index contributed by atoms with van der Waals surface area (Å²) in [5.41, 5.74) is 8.47. The van der Waals surface area contributed by atoms with Crippen LogP contribution in [0.15, 0.2) is 66.0 Å². The van der Waals surface area contributed by atoms with Gasteiger partial charge in [-0.25, -0.2) is 17.8 Å². The van der Waals surface area contributed by atoms with E-state index in [2.05, 4.69) is 15.2 Å². The topological polar surface area (TPSA) is 133 Å². The van der Waals surface area contributed by atoms with Crippen molar-refractivity contribution in [2.75, 3.05) is 12.0 Å². The van der Waals surface area contributed by atoms with E-state index in [1.165, 1.54) is 41.6 Å². The van der Waals surface area contributed by atoms with Crippen LogP contribution < -0.4 is 10.5 Å². The van der Waals surface area contributed by atoms with Crippen LogP contribution in [0.5, 0.6) is 5.75 Å². The zero-order chi connectivity index (χ0) is 24.5. The van der Waals surface area contributed by atoms with Crippen LogP contribution in [0.4, 0.5) is 10.2 Å². The highest BCUT2D eigenvalue weighted by atomic mass is 32.2. The van der Waals surface area contributed by atoms with Gasteiger partial charge in [0.1, 0.15) is 11.9 Å². The number of nitrogens with zero attached hydrogens (tertiary/aromatic N) is 4. The molecule has 0 aliphatic carbocycles. The van der Waals surface area contributed by atoms with Crippen molar-refractivity contribution in [2.45, 2.75) is 24.5 Å². The fourth-order valence-corrected chi connectivity index (χ4v) is 4.49. The summed E-state index contributed by atoms with van der Waals surface area (Å²) in [6.07, 6.45) is 4.94. The van der Waals surface area contributed by atoms with Crippen molar-refractivity contribution in [2.24, 2.45) is 0 Å². The number of ether oxygens (including phenoxy) is 1. The Hall–Kier alpha value is -3.83. The summed E-state index contributed by atoms with van der Waals surface area (Å²) < 4.78 is 44.4. The van der Waals surface area contributed by atoms with Gasteiger partial charge in [-0.2, -0.15) is 15.0 Å². The van der Waals surface area contributed by atoms with Gasteiger partial charge in [0.25, 0.3) is 0 Å². The van der Waals surface area contributed by atoms with Gasteiger partial charge in [0, 0.05) is 23.6 Å². The Morgan fingerprint density at radius 2 is 1.85 bits per heavy atom. The third kappa shape index (κ3) is 4.75. The first-order chi connectivity index (χ1) is 16.2. The third-order valence-electron chi connectivity index (χ3n) is 5.22. The number of aliphatic hydroxyl groups excluding tert-OH is 1. The van der Waals surface area contributed by atoms with Crippen LogP contribution in [-0.2, 0) is 16.4 Å². The summed E-state index contributed by atoms with van der Waals surface area (Å²) in [4.78, 5) is 5.56. The van der Waals surface area contributed by atoms with E-state index in [0.29, 0.717) is 27.9 Å². The van der Waals surface area contributed by atoms with Crippen LogP contribution in [0.25, 0.3) is 16.8 Å². The molecule has 0 aliphatic heterocycles. The molecule has 0 saturated heterocycles. The molecule has 0 unspecified atom stereocenters. The number of hydrogen-bond donors (Lipinski definition) is 2. The molecule has 34 heavy (non-hydrogen) atoms. The number of sulfone groups is 1. The predicted molar refractivity (Wildman–Crippen MR) is 123 cm³/mol. The highest BCUT2D eigenvalue weighted by Gasteiger charge is 2.19. The number of pyridine rings is 1. The van der Waals surface area contributed by atoms with E-state index in [4.69, 9.17) is 10.5 Å². The number of hydrogen-bond acceptors (Lipinski definition) is 8. The van der Waals surface area contributed by atoms with Crippen LogP contribution in [0.3, 0.4) is 0 Å². The Labute approximate surface area is 195 Å². The smallest absolute Gasteiger partial charge is 0.175 e. The fraction of sp³-hybridized carbons (Fsp3) is 0.174. The molecule has 4 rings (SSSR count). The average Bonchev–Trinajstić information content (AvgIpc) is 3.34. The molecule has 1 atom stereocenters. The van der Waals surface area contributed by atoms with Crippen molar-refractivity contribution in [1.82, 2.24) is 20.0 Å². The standard InChI is InChI=1S/C23H22FN5O4S/c1-14(19-11-18(24)5-6-20(19)29-27-7-8-28-29)33-21-9-17(12-26-23(21)25)15-3-4-16(13-30)22(10-15)34(2,31)32/h3-12,14,30H,13H2,1-2H3,(H2,25,26)/t14-/m1/s1. The summed E-state index contributed by atoms with van der Waals surface area (Å²) >= 11 is 0. The lowest BCUT2D eigenvalue weighted by atomic mass is 10.1. The molecule has 3 N–H and O–H groups in total. The monoisotopic (exact) mass is 483 g/mol. The van der Waals surface area contributed by atoms with Gasteiger partial charge in [-0.05, 0) is 48.4 Å². The zero-order valence-electron chi connectivity index (χ0n) is 18.4. The van der Waals surface area contributed by atoms with Crippen molar-refractivity contribution < 1.29 is 22.7 Å². The van der Waals surface area contributed by atoms with Crippen molar-refractivity contribution >= 4 is 15.7 Å². The van der Waals surface area contributed by atoms with E-state index < -0.39 is 28.4 Å². The van der Waals surface area contributed by atoms with Crippen LogP contribution in [0.2, 0.25) is 0 Å². The van der Waals surface area contributed by atoms with E-state index in [9.17, 15) is 17.9 Å². The Bertz CT molecular complexity index is 1440. The number of benzene rings is 2. The predicted octanol–water partition coefficient (Wildman–Crippen LogP) is 3.09. The van der Waals surface area contributed by atoms with Crippen LogP contribution in [0.1, 0.15) is 24.2 Å². The molecule has 0 amide bonds. The summed E-state index contributed by atoms with van der Waals surface area (Å²) in [6, 6.07) is 10.5. The molecule has 176 valence electrons. The summed E-state index contributed by atoms with van der Waals surface area (Å²) in [5, 5.41) is 17.7. The Kier molecular flexibility index (Phi) is 6.31. The van der Waals surface area contributed by atoms with Gasteiger partial charge in [0.15, 0.2) is 21.4 Å². The van der Waals surface area contributed by atoms with E-state index in [1.807, 2.05) is 0 Å².